The number of hydrogen-bond acceptors (Lipinski definition) is 5. The van der Waals surface area contributed by atoms with E-state index in [1.807, 2.05) is 0 Å². The first-order valence-corrected chi connectivity index (χ1v) is 7.41. The molecule has 7 heteroatoms. The quantitative estimate of drug-likeness (QED) is 0.277. The number of thioether (sulfide) groups is 1. The number of benzene rings is 2. The average Bonchev–Trinajstić information content (AvgIpc) is 2.46. The van der Waals surface area contributed by atoms with Gasteiger partial charge in [-0.05, 0) is 36.6 Å². The van der Waals surface area contributed by atoms with Crippen LogP contribution >= 0.6 is 23.4 Å². The molecule has 0 aliphatic rings. The predicted molar refractivity (Wildman–Crippen MR) is 81.3 cm³/mol. The number of nitro groups is 1. The van der Waals surface area contributed by atoms with Crippen molar-refractivity contribution < 1.29 is 14.5 Å². The molecule has 0 N–H and O–H groups in total. The zero-order valence-corrected chi connectivity index (χ0v) is 12.5. The number of nitro benzene ring substituents is 1. The molecule has 0 fully saturated rings. The number of hydrogen-bond donors (Lipinski definition) is 0. The van der Waals surface area contributed by atoms with E-state index in [0.717, 1.165) is 0 Å². The second-order valence-electron chi connectivity index (χ2n) is 3.99. The summed E-state index contributed by atoms with van der Waals surface area (Å²) < 4.78 is 5.14. The SMILES string of the molecule is CSc1ccc(C(=O)Oc2cccc(Cl)c2)cc1[N+](=O)[O-]. The minimum atomic E-state index is -0.673. The van der Waals surface area contributed by atoms with Gasteiger partial charge in [0.25, 0.3) is 5.69 Å². The van der Waals surface area contributed by atoms with E-state index in [0.29, 0.717) is 9.92 Å². The molecule has 5 nitrogen and oxygen atoms in total. The van der Waals surface area contributed by atoms with Gasteiger partial charge in [0.05, 0.1) is 15.4 Å². The Morgan fingerprint density at radius 3 is 2.67 bits per heavy atom. The van der Waals surface area contributed by atoms with Gasteiger partial charge in [0, 0.05) is 11.1 Å². The molecular weight excluding hydrogens is 314 g/mol. The van der Waals surface area contributed by atoms with Crippen LogP contribution in [-0.2, 0) is 0 Å². The van der Waals surface area contributed by atoms with Crippen molar-refractivity contribution in [2.75, 3.05) is 6.26 Å². The van der Waals surface area contributed by atoms with Crippen LogP contribution in [0.15, 0.2) is 47.4 Å². The number of carbonyl (C=O) groups is 1. The van der Waals surface area contributed by atoms with Gasteiger partial charge in [0.15, 0.2) is 0 Å². The van der Waals surface area contributed by atoms with Gasteiger partial charge in [0.1, 0.15) is 5.75 Å². The Morgan fingerprint density at radius 1 is 1.29 bits per heavy atom. The molecule has 0 spiro atoms. The summed E-state index contributed by atoms with van der Waals surface area (Å²) >= 11 is 7.04. The van der Waals surface area contributed by atoms with E-state index in [1.165, 1.54) is 36.0 Å². The van der Waals surface area contributed by atoms with Gasteiger partial charge in [0.2, 0.25) is 0 Å². The van der Waals surface area contributed by atoms with Crippen molar-refractivity contribution in [3.8, 4) is 5.75 Å². The average molecular weight is 324 g/mol. The number of rotatable bonds is 4. The molecule has 0 bridgehead atoms. The van der Waals surface area contributed by atoms with E-state index in [1.54, 1.807) is 24.5 Å². The maximum absolute atomic E-state index is 12.0. The maximum atomic E-state index is 12.0. The highest BCUT2D eigenvalue weighted by atomic mass is 35.5. The summed E-state index contributed by atoms with van der Waals surface area (Å²) in [5, 5.41) is 11.4. The molecule has 2 rings (SSSR count). The molecule has 108 valence electrons. The minimum absolute atomic E-state index is 0.111. The van der Waals surface area contributed by atoms with Crippen LogP contribution in [0.5, 0.6) is 5.75 Å². The lowest BCUT2D eigenvalue weighted by molar-refractivity contribution is -0.387. The van der Waals surface area contributed by atoms with E-state index in [4.69, 9.17) is 16.3 Å². The lowest BCUT2D eigenvalue weighted by Crippen LogP contribution is -2.09. The van der Waals surface area contributed by atoms with Gasteiger partial charge in [-0.1, -0.05) is 17.7 Å². The van der Waals surface area contributed by atoms with E-state index < -0.39 is 10.9 Å². The fourth-order valence-corrected chi connectivity index (χ4v) is 2.38. The van der Waals surface area contributed by atoms with Crippen molar-refractivity contribution in [2.24, 2.45) is 0 Å². The van der Waals surface area contributed by atoms with Crippen LogP contribution in [0.4, 0.5) is 5.69 Å². The smallest absolute Gasteiger partial charge is 0.343 e. The van der Waals surface area contributed by atoms with E-state index in [9.17, 15) is 14.9 Å². The molecule has 21 heavy (non-hydrogen) atoms. The summed E-state index contributed by atoms with van der Waals surface area (Å²) in [4.78, 5) is 22.9. The molecule has 0 atom stereocenters. The Hall–Kier alpha value is -2.05. The third-order valence-electron chi connectivity index (χ3n) is 2.62. The summed E-state index contributed by atoms with van der Waals surface area (Å²) in [7, 11) is 0. The molecule has 0 aromatic heterocycles. The Morgan fingerprint density at radius 2 is 2.05 bits per heavy atom. The third-order valence-corrected chi connectivity index (χ3v) is 3.64. The highest BCUT2D eigenvalue weighted by Crippen LogP contribution is 2.28. The van der Waals surface area contributed by atoms with Crippen molar-refractivity contribution >= 4 is 35.0 Å². The number of carbonyl (C=O) groups excluding carboxylic acids is 1. The Balaban J connectivity index is 2.27. The molecule has 2 aromatic rings. The normalized spacial score (nSPS) is 10.2. The van der Waals surface area contributed by atoms with E-state index in [2.05, 4.69) is 0 Å². The first-order chi connectivity index (χ1) is 10.0. The molecule has 2 aromatic carbocycles. The summed E-state index contributed by atoms with van der Waals surface area (Å²) in [6.45, 7) is 0. The van der Waals surface area contributed by atoms with Crippen LogP contribution in [0, 0.1) is 10.1 Å². The van der Waals surface area contributed by atoms with Crippen LogP contribution in [0.2, 0.25) is 5.02 Å². The summed E-state index contributed by atoms with van der Waals surface area (Å²) in [5.41, 5.74) is -0.0116. The second kappa shape index (κ2) is 6.60. The summed E-state index contributed by atoms with van der Waals surface area (Å²) in [6.07, 6.45) is 1.73. The van der Waals surface area contributed by atoms with E-state index >= 15 is 0 Å². The topological polar surface area (TPSA) is 69.4 Å². The van der Waals surface area contributed by atoms with Gasteiger partial charge in [-0.3, -0.25) is 10.1 Å². The molecule has 0 radical (unpaired) electrons. The molecule has 0 saturated carbocycles. The molecule has 0 unspecified atom stereocenters. The highest BCUT2D eigenvalue weighted by Gasteiger charge is 2.18. The van der Waals surface area contributed by atoms with Crippen molar-refractivity contribution in [1.29, 1.82) is 0 Å². The van der Waals surface area contributed by atoms with Gasteiger partial charge < -0.3 is 4.74 Å². The first kappa shape index (κ1) is 15.3. The number of nitrogens with zero attached hydrogens (tertiary/aromatic N) is 1. The van der Waals surface area contributed by atoms with E-state index in [-0.39, 0.29) is 17.0 Å². The van der Waals surface area contributed by atoms with Crippen molar-refractivity contribution in [2.45, 2.75) is 4.90 Å². The highest BCUT2D eigenvalue weighted by molar-refractivity contribution is 7.98. The van der Waals surface area contributed by atoms with Crippen LogP contribution in [0.25, 0.3) is 0 Å². The maximum Gasteiger partial charge on any atom is 0.343 e. The summed E-state index contributed by atoms with van der Waals surface area (Å²) in [6, 6.07) is 10.6. The molecule has 0 amide bonds. The monoisotopic (exact) mass is 323 g/mol. The zero-order chi connectivity index (χ0) is 15.4. The van der Waals surface area contributed by atoms with Crippen molar-refractivity contribution in [3.63, 3.8) is 0 Å². The van der Waals surface area contributed by atoms with Crippen LogP contribution in [0.1, 0.15) is 10.4 Å². The number of ether oxygens (including phenoxy) is 1. The minimum Gasteiger partial charge on any atom is -0.423 e. The fourth-order valence-electron chi connectivity index (χ4n) is 1.66. The van der Waals surface area contributed by atoms with Crippen LogP contribution < -0.4 is 4.74 Å². The Bertz CT molecular complexity index is 705. The van der Waals surface area contributed by atoms with Gasteiger partial charge in [-0.2, -0.15) is 0 Å². The molecular formula is C14H10ClNO4S. The largest absolute Gasteiger partial charge is 0.423 e. The third kappa shape index (κ3) is 3.74. The Labute approximate surface area is 130 Å². The van der Waals surface area contributed by atoms with Crippen LogP contribution in [0.3, 0.4) is 0 Å². The first-order valence-electron chi connectivity index (χ1n) is 5.81. The number of halogens is 1. The standard InChI is InChI=1S/C14H10ClNO4S/c1-21-13-6-5-9(7-12(13)16(18)19)14(17)20-11-4-2-3-10(15)8-11/h2-8H,1H3. The Kier molecular flexibility index (Phi) is 4.82. The van der Waals surface area contributed by atoms with Crippen molar-refractivity contribution in [3.05, 3.63) is 63.2 Å². The molecule has 0 saturated heterocycles. The van der Waals surface area contributed by atoms with Crippen LogP contribution in [-0.4, -0.2) is 17.1 Å². The number of esters is 1. The van der Waals surface area contributed by atoms with Gasteiger partial charge in [-0.25, -0.2) is 4.79 Å². The molecule has 0 aliphatic heterocycles. The van der Waals surface area contributed by atoms with Crippen molar-refractivity contribution in [1.82, 2.24) is 0 Å². The zero-order valence-electron chi connectivity index (χ0n) is 10.9. The lowest BCUT2D eigenvalue weighted by atomic mass is 10.2. The molecule has 0 heterocycles. The van der Waals surface area contributed by atoms with Gasteiger partial charge in [-0.15, -0.1) is 11.8 Å². The molecule has 0 aliphatic carbocycles. The lowest BCUT2D eigenvalue weighted by Gasteiger charge is -2.06. The second-order valence-corrected chi connectivity index (χ2v) is 5.28. The fraction of sp³-hybridized carbons (Fsp3) is 0.0714. The predicted octanol–water partition coefficient (Wildman–Crippen LogP) is 4.19. The summed E-state index contributed by atoms with van der Waals surface area (Å²) in [5.74, 6) is -0.392. The van der Waals surface area contributed by atoms with Gasteiger partial charge >= 0.3 is 5.97 Å².